The molecular weight excluding hydrogens is 380 g/mol. The van der Waals surface area contributed by atoms with E-state index < -0.39 is 0 Å². The second-order valence-corrected chi connectivity index (χ2v) is 7.43. The number of anilines is 1. The summed E-state index contributed by atoms with van der Waals surface area (Å²) in [5, 5.41) is 12.1. The van der Waals surface area contributed by atoms with Gasteiger partial charge in [0.1, 0.15) is 11.0 Å². The minimum Gasteiger partial charge on any atom is -0.323 e. The Kier molecular flexibility index (Phi) is 4.87. The molecule has 4 rings (SSSR count). The predicted molar refractivity (Wildman–Crippen MR) is 108 cm³/mol. The van der Waals surface area contributed by atoms with Crippen LogP contribution in [0.25, 0.3) is 22.4 Å². The molecule has 0 aliphatic heterocycles. The second-order valence-electron chi connectivity index (χ2n) is 5.95. The quantitative estimate of drug-likeness (QED) is 0.520. The van der Waals surface area contributed by atoms with Crippen LogP contribution in [-0.4, -0.2) is 35.2 Å². The number of amides is 1. The van der Waals surface area contributed by atoms with E-state index in [1.54, 1.807) is 0 Å². The predicted octanol–water partition coefficient (Wildman–Crippen LogP) is 3.53. The van der Waals surface area contributed by atoms with Gasteiger partial charge in [0.15, 0.2) is 11.0 Å². The Morgan fingerprint density at radius 3 is 2.85 bits per heavy atom. The van der Waals surface area contributed by atoms with Crippen LogP contribution in [0.1, 0.15) is 5.56 Å². The molecule has 2 aromatic heterocycles. The molecule has 0 aliphatic carbocycles. The summed E-state index contributed by atoms with van der Waals surface area (Å²) in [4.78, 5) is 12.4. The molecule has 2 heterocycles. The lowest BCUT2D eigenvalue weighted by Crippen LogP contribution is -2.14. The summed E-state index contributed by atoms with van der Waals surface area (Å²) in [5.74, 6) is 0.892. The normalized spacial score (nSPS) is 11.0. The van der Waals surface area contributed by atoms with Gasteiger partial charge in [-0.05, 0) is 24.6 Å². The molecule has 0 bridgehead atoms. The number of aromatic nitrogens is 5. The number of nitrogens with zero attached hydrogens (tertiary/aromatic N) is 5. The maximum absolute atomic E-state index is 12.4. The number of carbonyl (C=O) groups is 1. The first kappa shape index (κ1) is 17.6. The van der Waals surface area contributed by atoms with Crippen LogP contribution in [0.2, 0.25) is 0 Å². The smallest absolute Gasteiger partial charge is 0.234 e. The molecule has 0 aliphatic rings. The van der Waals surface area contributed by atoms with Gasteiger partial charge in [-0.2, -0.15) is 8.75 Å². The van der Waals surface area contributed by atoms with Crippen LogP contribution in [0.15, 0.2) is 47.6 Å². The Balaban J connectivity index is 1.45. The molecule has 0 unspecified atom stereocenters. The highest BCUT2D eigenvalue weighted by atomic mass is 32.2. The summed E-state index contributed by atoms with van der Waals surface area (Å²) in [5.41, 5.74) is 4.33. The molecule has 0 saturated heterocycles. The number of carbonyl (C=O) groups excluding carboxylic acids is 1. The first-order valence-corrected chi connectivity index (χ1v) is 9.94. The van der Waals surface area contributed by atoms with Crippen molar-refractivity contribution < 1.29 is 4.79 Å². The second kappa shape index (κ2) is 7.45. The van der Waals surface area contributed by atoms with E-state index in [9.17, 15) is 4.79 Å². The summed E-state index contributed by atoms with van der Waals surface area (Å²) in [6, 6.07) is 13.6. The fourth-order valence-electron chi connectivity index (χ4n) is 2.72. The Morgan fingerprint density at radius 2 is 2.00 bits per heavy atom. The first-order chi connectivity index (χ1) is 13.1. The molecule has 0 spiro atoms. The molecule has 9 heteroatoms. The van der Waals surface area contributed by atoms with Crippen LogP contribution in [0.3, 0.4) is 0 Å². The third-order valence-electron chi connectivity index (χ3n) is 4.11. The molecular formula is C18H16N6OS2. The molecule has 4 aromatic rings. The summed E-state index contributed by atoms with van der Waals surface area (Å²) in [6.07, 6.45) is 0. The Labute approximate surface area is 164 Å². The lowest BCUT2D eigenvalue weighted by Gasteiger charge is -2.07. The minimum atomic E-state index is -0.124. The molecule has 0 fully saturated rings. The van der Waals surface area contributed by atoms with E-state index in [2.05, 4.69) is 24.3 Å². The van der Waals surface area contributed by atoms with Gasteiger partial charge in [0.2, 0.25) is 5.91 Å². The lowest BCUT2D eigenvalue weighted by molar-refractivity contribution is -0.113. The van der Waals surface area contributed by atoms with Crippen molar-refractivity contribution in [1.82, 2.24) is 23.5 Å². The van der Waals surface area contributed by atoms with Crippen LogP contribution in [0.5, 0.6) is 0 Å². The third-order valence-corrected chi connectivity index (χ3v) is 5.68. The highest BCUT2D eigenvalue weighted by Gasteiger charge is 2.15. The van der Waals surface area contributed by atoms with E-state index in [-0.39, 0.29) is 11.7 Å². The van der Waals surface area contributed by atoms with Gasteiger partial charge in [0, 0.05) is 12.6 Å². The molecule has 27 heavy (non-hydrogen) atoms. The van der Waals surface area contributed by atoms with Crippen molar-refractivity contribution >= 4 is 46.1 Å². The number of rotatable bonds is 5. The van der Waals surface area contributed by atoms with Gasteiger partial charge in [-0.15, -0.1) is 10.2 Å². The van der Waals surface area contributed by atoms with E-state index in [1.165, 1.54) is 11.8 Å². The molecule has 0 radical (unpaired) electrons. The Morgan fingerprint density at radius 1 is 1.15 bits per heavy atom. The van der Waals surface area contributed by atoms with E-state index in [0.29, 0.717) is 16.4 Å². The standard InChI is InChI=1S/C18H16N6OS2/c1-11-6-3-4-7-12(11)17-20-21-18(24(17)2)26-10-15(25)19-13-8-5-9-14-16(13)23-27-22-14/h3-9H,10H2,1-2H3,(H,19,25). The van der Waals surface area contributed by atoms with Crippen LogP contribution in [0.4, 0.5) is 5.69 Å². The molecule has 1 amide bonds. The zero-order valence-electron chi connectivity index (χ0n) is 14.7. The van der Waals surface area contributed by atoms with Crippen LogP contribution in [-0.2, 0) is 11.8 Å². The molecule has 1 N–H and O–H groups in total. The van der Waals surface area contributed by atoms with Crippen LogP contribution < -0.4 is 5.32 Å². The fraction of sp³-hybridized carbons (Fsp3) is 0.167. The summed E-state index contributed by atoms with van der Waals surface area (Å²) in [7, 11) is 1.91. The molecule has 0 atom stereocenters. The Bertz CT molecular complexity index is 1120. The third kappa shape index (κ3) is 3.56. The highest BCUT2D eigenvalue weighted by molar-refractivity contribution is 7.99. The molecule has 0 saturated carbocycles. The SMILES string of the molecule is Cc1ccccc1-c1nnc(SCC(=O)Nc2cccc3nsnc23)n1C. The maximum atomic E-state index is 12.4. The van der Waals surface area contributed by atoms with Crippen molar-refractivity contribution in [2.24, 2.45) is 7.05 Å². The largest absolute Gasteiger partial charge is 0.323 e. The number of hydrogen-bond acceptors (Lipinski definition) is 7. The van der Waals surface area contributed by atoms with Crippen molar-refractivity contribution in [3.63, 3.8) is 0 Å². The summed E-state index contributed by atoms with van der Waals surface area (Å²) >= 11 is 2.48. The van der Waals surface area contributed by atoms with Gasteiger partial charge in [-0.3, -0.25) is 4.79 Å². The number of thioether (sulfide) groups is 1. The average Bonchev–Trinajstić information content (AvgIpc) is 3.28. The number of hydrogen-bond donors (Lipinski definition) is 1. The topological polar surface area (TPSA) is 85.6 Å². The molecule has 136 valence electrons. The highest BCUT2D eigenvalue weighted by Crippen LogP contribution is 2.26. The van der Waals surface area contributed by atoms with Crippen molar-refractivity contribution in [1.29, 1.82) is 0 Å². The fourth-order valence-corrected chi connectivity index (χ4v) is 3.98. The van der Waals surface area contributed by atoms with Gasteiger partial charge in [0.05, 0.1) is 23.2 Å². The Hall–Kier alpha value is -2.78. The van der Waals surface area contributed by atoms with Crippen LogP contribution >= 0.6 is 23.5 Å². The number of fused-ring (bicyclic) bond motifs is 1. The minimum absolute atomic E-state index is 0.124. The van der Waals surface area contributed by atoms with E-state index in [4.69, 9.17) is 0 Å². The van der Waals surface area contributed by atoms with E-state index >= 15 is 0 Å². The zero-order chi connectivity index (χ0) is 18.8. The van der Waals surface area contributed by atoms with Gasteiger partial charge < -0.3 is 9.88 Å². The van der Waals surface area contributed by atoms with Crippen molar-refractivity contribution in [3.8, 4) is 11.4 Å². The van der Waals surface area contributed by atoms with Crippen molar-refractivity contribution in [3.05, 3.63) is 48.0 Å². The zero-order valence-corrected chi connectivity index (χ0v) is 16.3. The van der Waals surface area contributed by atoms with Crippen molar-refractivity contribution in [2.75, 3.05) is 11.1 Å². The number of benzene rings is 2. The number of nitrogens with one attached hydrogen (secondary N) is 1. The first-order valence-electron chi connectivity index (χ1n) is 8.23. The summed E-state index contributed by atoms with van der Waals surface area (Å²) < 4.78 is 10.3. The monoisotopic (exact) mass is 396 g/mol. The maximum Gasteiger partial charge on any atom is 0.234 e. The van der Waals surface area contributed by atoms with Gasteiger partial charge >= 0.3 is 0 Å². The van der Waals surface area contributed by atoms with Gasteiger partial charge in [0.25, 0.3) is 0 Å². The number of aryl methyl sites for hydroxylation is 1. The average molecular weight is 397 g/mol. The van der Waals surface area contributed by atoms with Crippen molar-refractivity contribution in [2.45, 2.75) is 12.1 Å². The molecule has 7 nitrogen and oxygen atoms in total. The lowest BCUT2D eigenvalue weighted by atomic mass is 10.1. The van der Waals surface area contributed by atoms with Gasteiger partial charge in [-0.1, -0.05) is 42.1 Å². The van der Waals surface area contributed by atoms with E-state index in [1.807, 2.05) is 61.0 Å². The van der Waals surface area contributed by atoms with E-state index in [0.717, 1.165) is 34.2 Å². The molecule has 2 aromatic carbocycles. The van der Waals surface area contributed by atoms with Gasteiger partial charge in [-0.25, -0.2) is 0 Å². The summed E-state index contributed by atoms with van der Waals surface area (Å²) in [6.45, 7) is 2.04. The van der Waals surface area contributed by atoms with Crippen LogP contribution in [0, 0.1) is 6.92 Å².